The number of hydrogen-bond acceptors (Lipinski definition) is 6. The molecular formula is C13H22N2O5S. The third-order valence-electron chi connectivity index (χ3n) is 3.20. The van der Waals surface area contributed by atoms with Gasteiger partial charge < -0.3 is 14.0 Å². The number of methoxy groups -OCH3 is 1. The van der Waals surface area contributed by atoms with Crippen molar-refractivity contribution in [3.05, 3.63) is 17.5 Å². The quantitative estimate of drug-likeness (QED) is 0.803. The first kappa shape index (κ1) is 16.4. The summed E-state index contributed by atoms with van der Waals surface area (Å²) in [6.45, 7) is 6.44. The van der Waals surface area contributed by atoms with Crippen molar-refractivity contribution >= 4 is 10.0 Å². The summed E-state index contributed by atoms with van der Waals surface area (Å²) in [5.74, 6) is 0.430. The topological polar surface area (TPSA) is 81.9 Å². The molecule has 8 heteroatoms. The lowest BCUT2D eigenvalue weighted by atomic mass is 10.1. The van der Waals surface area contributed by atoms with Crippen molar-refractivity contribution < 1.29 is 22.4 Å². The predicted molar refractivity (Wildman–Crippen MR) is 76.3 cm³/mol. The Labute approximate surface area is 125 Å². The monoisotopic (exact) mass is 318 g/mol. The lowest BCUT2D eigenvalue weighted by molar-refractivity contribution is -0.135. The number of hydrogen-bond donors (Lipinski definition) is 0. The Balaban J connectivity index is 2.14. The van der Waals surface area contributed by atoms with Crippen LogP contribution in [0.1, 0.15) is 25.3 Å². The maximum absolute atomic E-state index is 12.5. The summed E-state index contributed by atoms with van der Waals surface area (Å²) < 4.78 is 42.4. The summed E-state index contributed by atoms with van der Waals surface area (Å²) in [5.41, 5.74) is -0.131. The standard InChI is InChI=1S/C13H22N2O5S/c1-10-5-11(14-20-10)8-21(16,17)15-6-12(7-18-4)19-13(2,3)9-15/h5,12H,6-9H2,1-4H3/t12-/m1/s1. The molecule has 0 N–H and O–H groups in total. The highest BCUT2D eigenvalue weighted by atomic mass is 32.2. The number of sulfonamides is 1. The van der Waals surface area contributed by atoms with Crippen LogP contribution >= 0.6 is 0 Å². The van der Waals surface area contributed by atoms with Gasteiger partial charge in [-0.05, 0) is 20.8 Å². The number of morpholine rings is 1. The van der Waals surface area contributed by atoms with Gasteiger partial charge in [0.1, 0.15) is 17.2 Å². The van der Waals surface area contributed by atoms with Gasteiger partial charge in [-0.3, -0.25) is 0 Å². The van der Waals surface area contributed by atoms with Gasteiger partial charge in [0.2, 0.25) is 10.0 Å². The van der Waals surface area contributed by atoms with E-state index in [1.165, 1.54) is 4.31 Å². The van der Waals surface area contributed by atoms with Crippen LogP contribution in [0.2, 0.25) is 0 Å². The average Bonchev–Trinajstić information content (AvgIpc) is 2.72. The average molecular weight is 318 g/mol. The highest BCUT2D eigenvalue weighted by Gasteiger charge is 2.39. The summed E-state index contributed by atoms with van der Waals surface area (Å²) in [5, 5.41) is 3.75. The summed E-state index contributed by atoms with van der Waals surface area (Å²) in [6, 6.07) is 1.63. The zero-order chi connectivity index (χ0) is 15.7. The van der Waals surface area contributed by atoms with Crippen molar-refractivity contribution in [1.82, 2.24) is 9.46 Å². The van der Waals surface area contributed by atoms with Gasteiger partial charge in [-0.25, -0.2) is 8.42 Å². The Kier molecular flexibility index (Phi) is 4.72. The second-order valence-electron chi connectivity index (χ2n) is 5.93. The summed E-state index contributed by atoms with van der Waals surface area (Å²) in [7, 11) is -1.90. The largest absolute Gasteiger partial charge is 0.382 e. The molecule has 0 aliphatic carbocycles. The number of aryl methyl sites for hydroxylation is 1. The van der Waals surface area contributed by atoms with Gasteiger partial charge in [-0.2, -0.15) is 4.31 Å². The van der Waals surface area contributed by atoms with Gasteiger partial charge in [-0.15, -0.1) is 0 Å². The molecule has 0 saturated carbocycles. The van der Waals surface area contributed by atoms with E-state index in [1.54, 1.807) is 20.1 Å². The molecule has 7 nitrogen and oxygen atoms in total. The van der Waals surface area contributed by atoms with Crippen molar-refractivity contribution in [2.45, 2.75) is 38.2 Å². The van der Waals surface area contributed by atoms with E-state index in [-0.39, 0.29) is 18.4 Å². The van der Waals surface area contributed by atoms with Gasteiger partial charge in [0, 0.05) is 26.3 Å². The van der Waals surface area contributed by atoms with Crippen LogP contribution in [0, 0.1) is 6.92 Å². The van der Waals surface area contributed by atoms with Gasteiger partial charge in [0.05, 0.1) is 18.3 Å². The number of aromatic nitrogens is 1. The van der Waals surface area contributed by atoms with Crippen LogP contribution in [0.25, 0.3) is 0 Å². The molecule has 1 saturated heterocycles. The molecule has 21 heavy (non-hydrogen) atoms. The van der Waals surface area contributed by atoms with Gasteiger partial charge >= 0.3 is 0 Å². The molecule has 120 valence electrons. The zero-order valence-electron chi connectivity index (χ0n) is 12.8. The van der Waals surface area contributed by atoms with E-state index in [1.807, 2.05) is 13.8 Å². The van der Waals surface area contributed by atoms with Crippen molar-refractivity contribution in [3.8, 4) is 0 Å². The molecule has 0 aromatic carbocycles. The van der Waals surface area contributed by atoms with Gasteiger partial charge in [-0.1, -0.05) is 5.16 Å². The maximum atomic E-state index is 12.5. The lowest BCUT2D eigenvalue weighted by Gasteiger charge is -2.41. The fourth-order valence-corrected chi connectivity index (χ4v) is 4.08. The summed E-state index contributed by atoms with van der Waals surface area (Å²) in [6.07, 6.45) is -0.271. The molecule has 1 aromatic heterocycles. The van der Waals surface area contributed by atoms with E-state index in [0.29, 0.717) is 24.6 Å². The Morgan fingerprint density at radius 1 is 1.52 bits per heavy atom. The van der Waals surface area contributed by atoms with E-state index in [2.05, 4.69) is 5.16 Å². The highest BCUT2D eigenvalue weighted by molar-refractivity contribution is 7.88. The lowest BCUT2D eigenvalue weighted by Crippen LogP contribution is -2.55. The Morgan fingerprint density at radius 3 is 2.81 bits per heavy atom. The number of rotatable bonds is 5. The van der Waals surface area contributed by atoms with E-state index >= 15 is 0 Å². The van der Waals surface area contributed by atoms with Gasteiger partial charge in [0.15, 0.2) is 0 Å². The molecule has 0 unspecified atom stereocenters. The molecule has 0 bridgehead atoms. The molecular weight excluding hydrogens is 296 g/mol. The molecule has 0 spiro atoms. The minimum Gasteiger partial charge on any atom is -0.382 e. The van der Waals surface area contributed by atoms with Crippen LogP contribution in [0.3, 0.4) is 0 Å². The van der Waals surface area contributed by atoms with E-state index in [4.69, 9.17) is 14.0 Å². The third-order valence-corrected chi connectivity index (χ3v) is 4.93. The Morgan fingerprint density at radius 2 is 2.24 bits per heavy atom. The molecule has 1 aliphatic rings. The molecule has 0 amide bonds. The van der Waals surface area contributed by atoms with Crippen molar-refractivity contribution in [2.24, 2.45) is 0 Å². The molecule has 1 aromatic rings. The van der Waals surface area contributed by atoms with E-state index in [9.17, 15) is 8.42 Å². The number of nitrogens with zero attached hydrogens (tertiary/aromatic N) is 2. The Hall–Kier alpha value is -0.960. The van der Waals surface area contributed by atoms with Crippen LogP contribution in [0.5, 0.6) is 0 Å². The summed E-state index contributed by atoms with van der Waals surface area (Å²) >= 11 is 0. The van der Waals surface area contributed by atoms with E-state index < -0.39 is 15.6 Å². The smallest absolute Gasteiger partial charge is 0.220 e. The fourth-order valence-electron chi connectivity index (χ4n) is 2.49. The van der Waals surface area contributed by atoms with Crippen LogP contribution in [-0.2, 0) is 25.2 Å². The van der Waals surface area contributed by atoms with Crippen LogP contribution in [0.4, 0.5) is 0 Å². The first-order chi connectivity index (χ1) is 9.72. The van der Waals surface area contributed by atoms with Crippen molar-refractivity contribution in [1.29, 1.82) is 0 Å². The Bertz CT molecular complexity index is 581. The molecule has 2 heterocycles. The minimum absolute atomic E-state index is 0.167. The van der Waals surface area contributed by atoms with Crippen molar-refractivity contribution in [3.63, 3.8) is 0 Å². The first-order valence-electron chi connectivity index (χ1n) is 6.79. The molecule has 1 atom stereocenters. The SMILES string of the molecule is COC[C@H]1CN(S(=O)(=O)Cc2cc(C)on2)CC(C)(C)O1. The van der Waals surface area contributed by atoms with Crippen LogP contribution in [-0.4, -0.2) is 56.4 Å². The molecule has 1 fully saturated rings. The van der Waals surface area contributed by atoms with Crippen molar-refractivity contribution in [2.75, 3.05) is 26.8 Å². The van der Waals surface area contributed by atoms with Crippen LogP contribution in [0.15, 0.2) is 10.6 Å². The normalized spacial score (nSPS) is 23.3. The molecule has 2 rings (SSSR count). The maximum Gasteiger partial charge on any atom is 0.220 e. The second-order valence-corrected chi connectivity index (χ2v) is 7.90. The second kappa shape index (κ2) is 6.04. The minimum atomic E-state index is -3.47. The summed E-state index contributed by atoms with van der Waals surface area (Å²) in [4.78, 5) is 0. The fraction of sp³-hybridized carbons (Fsp3) is 0.769. The molecule has 1 aliphatic heterocycles. The van der Waals surface area contributed by atoms with Crippen LogP contribution < -0.4 is 0 Å². The predicted octanol–water partition coefficient (Wildman–Crippen LogP) is 0.939. The zero-order valence-corrected chi connectivity index (χ0v) is 13.6. The first-order valence-corrected chi connectivity index (χ1v) is 8.39. The van der Waals surface area contributed by atoms with Gasteiger partial charge in [0.25, 0.3) is 0 Å². The van der Waals surface area contributed by atoms with E-state index in [0.717, 1.165) is 0 Å². The highest BCUT2D eigenvalue weighted by Crippen LogP contribution is 2.24. The third kappa shape index (κ3) is 4.26. The molecule has 0 radical (unpaired) electrons. The number of ether oxygens (including phenoxy) is 2.